The van der Waals surface area contributed by atoms with Gasteiger partial charge in [0.25, 0.3) is 0 Å². The Hall–Kier alpha value is -0.690. The summed E-state index contributed by atoms with van der Waals surface area (Å²) in [6, 6.07) is 2.19. The summed E-state index contributed by atoms with van der Waals surface area (Å²) in [4.78, 5) is -0.142. The third-order valence-corrected chi connectivity index (χ3v) is 5.89. The molecule has 0 saturated heterocycles. The average Bonchev–Trinajstić information content (AvgIpc) is 3.26. The summed E-state index contributed by atoms with van der Waals surface area (Å²) in [5.74, 6) is -0.826. The minimum Gasteiger partial charge on any atom is -0.392 e. The smallest absolute Gasteiger partial charge is 0.243 e. The zero-order valence-electron chi connectivity index (χ0n) is 11.8. The van der Waals surface area contributed by atoms with E-state index >= 15 is 0 Å². The standard InChI is InChI=1S/C14H19ClFNO3S/c1-2-3-6-17(11-4-5-11)21(19,20)12-7-10(9-18)14(15)13(16)8-12/h7-8,11,18H,2-6,9H2,1H3. The molecule has 1 N–H and O–H groups in total. The first kappa shape index (κ1) is 16.7. The molecule has 0 heterocycles. The van der Waals surface area contributed by atoms with Crippen LogP contribution in [0.25, 0.3) is 0 Å². The molecular weight excluding hydrogens is 317 g/mol. The van der Waals surface area contributed by atoms with Crippen LogP contribution in [-0.4, -0.2) is 30.4 Å². The summed E-state index contributed by atoms with van der Waals surface area (Å²) in [6.07, 6.45) is 3.33. The molecule has 1 aromatic rings. The number of hydrogen-bond acceptors (Lipinski definition) is 3. The van der Waals surface area contributed by atoms with E-state index in [9.17, 15) is 17.9 Å². The van der Waals surface area contributed by atoms with Gasteiger partial charge in [-0.25, -0.2) is 12.8 Å². The van der Waals surface area contributed by atoms with Crippen LogP contribution in [0.2, 0.25) is 5.02 Å². The molecule has 2 rings (SSSR count). The summed E-state index contributed by atoms with van der Waals surface area (Å²) in [5, 5.41) is 8.94. The molecule has 118 valence electrons. The van der Waals surface area contributed by atoms with E-state index < -0.39 is 22.4 Å². The zero-order valence-corrected chi connectivity index (χ0v) is 13.4. The van der Waals surface area contributed by atoms with Crippen molar-refractivity contribution in [3.05, 3.63) is 28.5 Å². The van der Waals surface area contributed by atoms with Crippen LogP contribution in [0, 0.1) is 5.82 Å². The van der Waals surface area contributed by atoms with E-state index in [2.05, 4.69) is 0 Å². The highest BCUT2D eigenvalue weighted by Crippen LogP contribution is 2.34. The predicted molar refractivity (Wildman–Crippen MR) is 79.2 cm³/mol. The van der Waals surface area contributed by atoms with Crippen molar-refractivity contribution in [1.82, 2.24) is 4.31 Å². The molecule has 0 aliphatic heterocycles. The second kappa shape index (κ2) is 6.60. The second-order valence-electron chi connectivity index (χ2n) is 5.24. The quantitative estimate of drug-likeness (QED) is 0.833. The lowest BCUT2D eigenvalue weighted by Crippen LogP contribution is -2.34. The summed E-state index contributed by atoms with van der Waals surface area (Å²) < 4.78 is 40.6. The van der Waals surface area contributed by atoms with Crippen molar-refractivity contribution in [3.63, 3.8) is 0 Å². The number of unbranched alkanes of at least 4 members (excludes halogenated alkanes) is 1. The average molecular weight is 336 g/mol. The first-order valence-electron chi connectivity index (χ1n) is 7.02. The first-order valence-corrected chi connectivity index (χ1v) is 8.84. The Balaban J connectivity index is 2.39. The molecule has 4 nitrogen and oxygen atoms in total. The largest absolute Gasteiger partial charge is 0.392 e. The van der Waals surface area contributed by atoms with Crippen LogP contribution in [0.3, 0.4) is 0 Å². The van der Waals surface area contributed by atoms with Gasteiger partial charge in [-0.15, -0.1) is 0 Å². The Morgan fingerprint density at radius 3 is 2.62 bits per heavy atom. The van der Waals surface area contributed by atoms with Gasteiger partial charge < -0.3 is 5.11 Å². The van der Waals surface area contributed by atoms with Gasteiger partial charge >= 0.3 is 0 Å². The van der Waals surface area contributed by atoms with Gasteiger partial charge in [0.1, 0.15) is 5.82 Å². The SMILES string of the molecule is CCCCN(C1CC1)S(=O)(=O)c1cc(F)c(Cl)c(CO)c1. The van der Waals surface area contributed by atoms with Crippen molar-refractivity contribution < 1.29 is 17.9 Å². The van der Waals surface area contributed by atoms with Gasteiger partial charge in [0, 0.05) is 18.2 Å². The highest BCUT2D eigenvalue weighted by atomic mass is 35.5. The molecule has 0 aromatic heterocycles. The predicted octanol–water partition coefficient (Wildman–Crippen LogP) is 2.92. The van der Waals surface area contributed by atoms with Crippen molar-refractivity contribution in [2.24, 2.45) is 0 Å². The molecule has 0 bridgehead atoms. The molecule has 1 saturated carbocycles. The van der Waals surface area contributed by atoms with Gasteiger partial charge in [0.15, 0.2) is 0 Å². The van der Waals surface area contributed by atoms with Crippen molar-refractivity contribution in [2.45, 2.75) is 50.2 Å². The Kier molecular flexibility index (Phi) is 5.24. The monoisotopic (exact) mass is 335 g/mol. The molecule has 0 unspecified atom stereocenters. The highest BCUT2D eigenvalue weighted by molar-refractivity contribution is 7.89. The number of benzene rings is 1. The van der Waals surface area contributed by atoms with Crippen LogP contribution < -0.4 is 0 Å². The van der Waals surface area contributed by atoms with E-state index in [1.807, 2.05) is 6.92 Å². The van der Waals surface area contributed by atoms with Crippen molar-refractivity contribution in [3.8, 4) is 0 Å². The third-order valence-electron chi connectivity index (χ3n) is 3.54. The Labute approximate surface area is 129 Å². The minimum absolute atomic E-state index is 0.0119. The summed E-state index contributed by atoms with van der Waals surface area (Å²) in [5.41, 5.74) is 0.0847. The van der Waals surface area contributed by atoms with Crippen molar-refractivity contribution in [2.75, 3.05) is 6.54 Å². The van der Waals surface area contributed by atoms with E-state index in [1.54, 1.807) is 0 Å². The Morgan fingerprint density at radius 1 is 1.43 bits per heavy atom. The molecule has 1 aliphatic carbocycles. The van der Waals surface area contributed by atoms with Gasteiger partial charge in [-0.2, -0.15) is 4.31 Å². The third kappa shape index (κ3) is 3.56. The molecule has 1 aromatic carbocycles. The number of nitrogens with zero attached hydrogens (tertiary/aromatic N) is 1. The summed E-state index contributed by atoms with van der Waals surface area (Å²) in [6.45, 7) is 1.92. The molecule has 1 fully saturated rings. The van der Waals surface area contributed by atoms with Gasteiger partial charge in [0.2, 0.25) is 10.0 Å². The fourth-order valence-electron chi connectivity index (χ4n) is 2.19. The first-order chi connectivity index (χ1) is 9.91. The molecule has 0 amide bonds. The maximum atomic E-state index is 13.8. The molecular formula is C14H19ClFNO3S. The van der Waals surface area contributed by atoms with E-state index in [4.69, 9.17) is 11.6 Å². The lowest BCUT2D eigenvalue weighted by molar-refractivity contribution is 0.281. The molecule has 1 aliphatic rings. The number of rotatable bonds is 7. The van der Waals surface area contributed by atoms with Crippen LogP contribution in [0.1, 0.15) is 38.2 Å². The van der Waals surface area contributed by atoms with E-state index in [1.165, 1.54) is 10.4 Å². The number of aliphatic hydroxyl groups excluding tert-OH is 1. The zero-order chi connectivity index (χ0) is 15.6. The summed E-state index contributed by atoms with van der Waals surface area (Å²) >= 11 is 5.71. The van der Waals surface area contributed by atoms with Crippen LogP contribution in [0.5, 0.6) is 0 Å². The Bertz CT molecular complexity index is 617. The number of hydrogen-bond donors (Lipinski definition) is 1. The second-order valence-corrected chi connectivity index (χ2v) is 7.51. The van der Waals surface area contributed by atoms with Crippen molar-refractivity contribution >= 4 is 21.6 Å². The normalized spacial score (nSPS) is 15.7. The van der Waals surface area contributed by atoms with Crippen LogP contribution in [0.15, 0.2) is 17.0 Å². The van der Waals surface area contributed by atoms with Gasteiger partial charge in [-0.05, 0) is 31.4 Å². The van der Waals surface area contributed by atoms with E-state index in [0.29, 0.717) is 6.54 Å². The maximum absolute atomic E-state index is 13.8. The van der Waals surface area contributed by atoms with Crippen LogP contribution in [0.4, 0.5) is 4.39 Å². The topological polar surface area (TPSA) is 57.6 Å². The van der Waals surface area contributed by atoms with Crippen LogP contribution >= 0.6 is 11.6 Å². The maximum Gasteiger partial charge on any atom is 0.243 e. The summed E-state index contributed by atoms with van der Waals surface area (Å²) in [7, 11) is -3.76. The van der Waals surface area contributed by atoms with Gasteiger partial charge in [-0.1, -0.05) is 24.9 Å². The van der Waals surface area contributed by atoms with Gasteiger partial charge in [0.05, 0.1) is 16.5 Å². The van der Waals surface area contributed by atoms with Crippen LogP contribution in [-0.2, 0) is 16.6 Å². The fourth-order valence-corrected chi connectivity index (χ4v) is 4.15. The van der Waals surface area contributed by atoms with E-state index in [0.717, 1.165) is 31.7 Å². The fraction of sp³-hybridized carbons (Fsp3) is 0.571. The molecule has 0 spiro atoms. The number of sulfonamides is 1. The molecule has 7 heteroatoms. The Morgan fingerprint density at radius 2 is 2.10 bits per heavy atom. The van der Waals surface area contributed by atoms with Gasteiger partial charge in [-0.3, -0.25) is 0 Å². The lowest BCUT2D eigenvalue weighted by Gasteiger charge is -2.22. The number of halogens is 2. The molecule has 0 radical (unpaired) electrons. The number of aliphatic hydroxyl groups is 1. The molecule has 0 atom stereocenters. The minimum atomic E-state index is -3.76. The van der Waals surface area contributed by atoms with Crippen molar-refractivity contribution in [1.29, 1.82) is 0 Å². The molecule has 21 heavy (non-hydrogen) atoms. The highest BCUT2D eigenvalue weighted by Gasteiger charge is 2.38. The lowest BCUT2D eigenvalue weighted by atomic mass is 10.2. The van der Waals surface area contributed by atoms with E-state index in [-0.39, 0.29) is 21.5 Å².